The molecule has 0 aliphatic rings. The van der Waals surface area contributed by atoms with Crippen molar-refractivity contribution in [3.63, 3.8) is 0 Å². The smallest absolute Gasteiger partial charge is 0.304 e. The molecular weight excluding hydrogens is 292 g/mol. The summed E-state index contributed by atoms with van der Waals surface area (Å²) in [6.07, 6.45) is 1.59. The maximum absolute atomic E-state index is 11.3. The van der Waals surface area contributed by atoms with E-state index in [1.165, 1.54) is 0 Å². The first-order chi connectivity index (χ1) is 10.1. The van der Waals surface area contributed by atoms with Crippen molar-refractivity contribution in [1.82, 2.24) is 9.97 Å². The monoisotopic (exact) mass is 302 g/mol. The van der Waals surface area contributed by atoms with Crippen LogP contribution in [-0.4, -0.2) is 14.9 Å². The third kappa shape index (κ3) is 2.61. The molecule has 0 radical (unpaired) electrons. The lowest BCUT2D eigenvalue weighted by Gasteiger charge is -2.07. The third-order valence-corrected chi connectivity index (χ3v) is 3.70. The molecule has 0 aliphatic heterocycles. The van der Waals surface area contributed by atoms with Gasteiger partial charge in [-0.1, -0.05) is 11.3 Å². The summed E-state index contributed by atoms with van der Waals surface area (Å²) in [5, 5.41) is 16.5. The number of anilines is 1. The Balaban J connectivity index is 1.99. The lowest BCUT2D eigenvalue weighted by molar-refractivity contribution is -0.382. The van der Waals surface area contributed by atoms with Crippen LogP contribution in [0.4, 0.5) is 11.4 Å². The number of nitrogens with zero attached hydrogens (tertiary/aromatic N) is 2. The van der Waals surface area contributed by atoms with Gasteiger partial charge in [-0.2, -0.15) is 0 Å². The Labute approximate surface area is 122 Å². The molecule has 3 rings (SSSR count). The van der Waals surface area contributed by atoms with Crippen LogP contribution in [0.5, 0.6) is 0 Å². The Kier molecular flexibility index (Phi) is 3.36. The number of aromatic nitrogens is 2. The first kappa shape index (κ1) is 13.3. The minimum Gasteiger partial charge on any atom is -0.374 e. The van der Waals surface area contributed by atoms with Crippen LogP contribution in [0.3, 0.4) is 0 Å². The molecule has 0 bridgehead atoms. The highest BCUT2D eigenvalue weighted by molar-refractivity contribution is 7.07. The van der Waals surface area contributed by atoms with E-state index in [-0.39, 0.29) is 10.6 Å². The molecule has 8 heteroatoms. The number of hydrogen-bond donors (Lipinski definition) is 2. The first-order valence-corrected chi connectivity index (χ1v) is 6.96. The average Bonchev–Trinajstić information content (AvgIpc) is 2.89. The third-order valence-electron chi connectivity index (χ3n) is 2.98. The molecule has 0 atom stereocenters. The van der Waals surface area contributed by atoms with E-state index in [4.69, 9.17) is 0 Å². The number of thiazole rings is 1. The summed E-state index contributed by atoms with van der Waals surface area (Å²) < 4.78 is 0. The summed E-state index contributed by atoms with van der Waals surface area (Å²) >= 11 is 1.06. The van der Waals surface area contributed by atoms with Gasteiger partial charge in [0.2, 0.25) is 0 Å². The van der Waals surface area contributed by atoms with Crippen molar-refractivity contribution in [2.45, 2.75) is 6.54 Å². The van der Waals surface area contributed by atoms with E-state index >= 15 is 0 Å². The van der Waals surface area contributed by atoms with Gasteiger partial charge in [0.05, 0.1) is 22.4 Å². The average molecular weight is 302 g/mol. The van der Waals surface area contributed by atoms with E-state index in [1.807, 2.05) is 0 Å². The number of H-pyrrole nitrogens is 1. The van der Waals surface area contributed by atoms with Crippen molar-refractivity contribution in [2.24, 2.45) is 0 Å². The van der Waals surface area contributed by atoms with Gasteiger partial charge in [-0.3, -0.25) is 19.9 Å². The van der Waals surface area contributed by atoms with E-state index in [9.17, 15) is 14.9 Å². The van der Waals surface area contributed by atoms with Gasteiger partial charge in [0.1, 0.15) is 5.69 Å². The summed E-state index contributed by atoms with van der Waals surface area (Å²) in [4.78, 5) is 28.6. The second-order valence-electron chi connectivity index (χ2n) is 4.32. The van der Waals surface area contributed by atoms with E-state index in [2.05, 4.69) is 15.3 Å². The number of hydrogen-bond acceptors (Lipinski definition) is 6. The fourth-order valence-electron chi connectivity index (χ4n) is 2.07. The zero-order valence-corrected chi connectivity index (χ0v) is 11.5. The number of nitro groups is 1. The molecule has 106 valence electrons. The molecule has 2 heterocycles. The standard InChI is InChI=1S/C13H10N4O3S/c18-13-16-8(7-21-13)6-15-11-4-3-10-9(2-1-5-14-10)12(11)17(19)20/h1-5,7,15H,6H2,(H,16,18). The molecule has 2 N–H and O–H groups in total. The molecule has 2 aromatic heterocycles. The number of benzene rings is 1. The van der Waals surface area contributed by atoms with Crippen molar-refractivity contribution in [3.8, 4) is 0 Å². The van der Waals surface area contributed by atoms with Crippen molar-refractivity contribution in [3.05, 3.63) is 61.3 Å². The Morgan fingerprint density at radius 2 is 2.24 bits per heavy atom. The quantitative estimate of drug-likeness (QED) is 0.569. The maximum atomic E-state index is 11.3. The topological polar surface area (TPSA) is 101 Å². The molecule has 21 heavy (non-hydrogen) atoms. The Morgan fingerprint density at radius 3 is 2.95 bits per heavy atom. The predicted molar refractivity (Wildman–Crippen MR) is 80.7 cm³/mol. The van der Waals surface area contributed by atoms with Crippen LogP contribution < -0.4 is 10.2 Å². The zero-order valence-electron chi connectivity index (χ0n) is 10.7. The van der Waals surface area contributed by atoms with Gasteiger partial charge >= 0.3 is 10.6 Å². The minimum atomic E-state index is -0.428. The minimum absolute atomic E-state index is 0.0156. The first-order valence-electron chi connectivity index (χ1n) is 6.08. The van der Waals surface area contributed by atoms with Crippen molar-refractivity contribution in [2.75, 3.05) is 5.32 Å². The van der Waals surface area contributed by atoms with E-state index in [1.54, 1.807) is 35.8 Å². The number of rotatable bonds is 4. The van der Waals surface area contributed by atoms with Crippen molar-refractivity contribution < 1.29 is 4.92 Å². The molecule has 0 amide bonds. The number of nitrogens with one attached hydrogen (secondary N) is 2. The van der Waals surface area contributed by atoms with Gasteiger partial charge in [0.15, 0.2) is 0 Å². The Hall–Kier alpha value is -2.74. The van der Waals surface area contributed by atoms with Gasteiger partial charge in [-0.25, -0.2) is 0 Å². The number of pyridine rings is 1. The molecule has 0 fully saturated rings. The van der Waals surface area contributed by atoms with Gasteiger partial charge < -0.3 is 10.3 Å². The summed E-state index contributed by atoms with van der Waals surface area (Å²) in [6.45, 7) is 0.311. The molecular formula is C13H10N4O3S. The Bertz CT molecular complexity index is 871. The number of fused-ring (bicyclic) bond motifs is 1. The van der Waals surface area contributed by atoms with Crippen molar-refractivity contribution in [1.29, 1.82) is 0 Å². The van der Waals surface area contributed by atoms with E-state index in [0.717, 1.165) is 11.3 Å². The summed E-state index contributed by atoms with van der Waals surface area (Å²) in [5.74, 6) is 0. The summed E-state index contributed by atoms with van der Waals surface area (Å²) in [5.41, 5.74) is 1.63. The largest absolute Gasteiger partial charge is 0.374 e. The molecule has 0 aliphatic carbocycles. The fraction of sp³-hybridized carbons (Fsp3) is 0.0769. The number of nitro benzene ring substituents is 1. The van der Waals surface area contributed by atoms with Crippen LogP contribution in [0.1, 0.15) is 5.69 Å². The molecule has 1 aromatic carbocycles. The molecule has 0 spiro atoms. The molecule has 3 aromatic rings. The van der Waals surface area contributed by atoms with Crippen LogP contribution in [0.2, 0.25) is 0 Å². The molecule has 0 saturated carbocycles. The number of aromatic amines is 1. The fourth-order valence-corrected chi connectivity index (χ4v) is 2.65. The van der Waals surface area contributed by atoms with Gasteiger partial charge in [-0.05, 0) is 24.3 Å². The van der Waals surface area contributed by atoms with Crippen LogP contribution in [0.15, 0.2) is 40.6 Å². The lowest BCUT2D eigenvalue weighted by atomic mass is 10.1. The summed E-state index contributed by atoms with van der Waals surface area (Å²) in [7, 11) is 0. The second kappa shape index (κ2) is 5.33. The van der Waals surface area contributed by atoms with Crippen molar-refractivity contribution >= 4 is 33.6 Å². The maximum Gasteiger partial charge on any atom is 0.304 e. The molecule has 0 saturated heterocycles. The van der Waals surface area contributed by atoms with Gasteiger partial charge in [0.25, 0.3) is 0 Å². The second-order valence-corrected chi connectivity index (χ2v) is 5.16. The highest BCUT2D eigenvalue weighted by Crippen LogP contribution is 2.32. The molecule has 7 nitrogen and oxygen atoms in total. The lowest BCUT2D eigenvalue weighted by Crippen LogP contribution is -2.05. The van der Waals surface area contributed by atoms with Crippen LogP contribution in [0.25, 0.3) is 10.9 Å². The molecule has 0 unspecified atom stereocenters. The van der Waals surface area contributed by atoms with Gasteiger partial charge in [-0.15, -0.1) is 0 Å². The van der Waals surface area contributed by atoms with Gasteiger partial charge in [0, 0.05) is 17.3 Å². The highest BCUT2D eigenvalue weighted by atomic mass is 32.1. The van der Waals surface area contributed by atoms with E-state index < -0.39 is 4.92 Å². The van der Waals surface area contributed by atoms with E-state index in [0.29, 0.717) is 28.8 Å². The summed E-state index contributed by atoms with van der Waals surface area (Å²) in [6, 6.07) is 6.67. The van der Waals surface area contributed by atoms with Crippen LogP contribution >= 0.6 is 11.3 Å². The zero-order chi connectivity index (χ0) is 14.8. The van der Waals surface area contributed by atoms with Crippen LogP contribution in [-0.2, 0) is 6.54 Å². The SMILES string of the molecule is O=c1[nH]c(CNc2ccc3ncccc3c2[N+](=O)[O-])cs1. The normalized spacial score (nSPS) is 10.7. The van der Waals surface area contributed by atoms with Crippen LogP contribution in [0, 0.1) is 10.1 Å². The Morgan fingerprint density at radius 1 is 1.38 bits per heavy atom. The predicted octanol–water partition coefficient (Wildman–Crippen LogP) is 2.50. The highest BCUT2D eigenvalue weighted by Gasteiger charge is 2.18.